The molecule has 7 heteroatoms. The molecule has 1 aliphatic heterocycles. The first-order valence-corrected chi connectivity index (χ1v) is 10.2. The maximum absolute atomic E-state index is 14.3. The van der Waals surface area contributed by atoms with Crippen molar-refractivity contribution in [1.82, 2.24) is 4.57 Å². The molecule has 0 bridgehead atoms. The molecule has 1 aliphatic rings. The number of esters is 1. The van der Waals surface area contributed by atoms with Crippen LogP contribution in [0.2, 0.25) is 0 Å². The van der Waals surface area contributed by atoms with Gasteiger partial charge in [0.05, 0.1) is 16.5 Å². The Labute approximate surface area is 178 Å². The van der Waals surface area contributed by atoms with Crippen LogP contribution in [0, 0.1) is 5.82 Å². The second kappa shape index (κ2) is 8.10. The molecule has 0 saturated carbocycles. The van der Waals surface area contributed by atoms with Gasteiger partial charge < -0.3 is 15.0 Å². The third kappa shape index (κ3) is 3.85. The van der Waals surface area contributed by atoms with Crippen LogP contribution in [-0.2, 0) is 11.3 Å². The second-order valence-corrected chi connectivity index (χ2v) is 7.99. The van der Waals surface area contributed by atoms with Gasteiger partial charge in [-0.25, -0.2) is 4.39 Å². The minimum Gasteiger partial charge on any atom is -0.423 e. The van der Waals surface area contributed by atoms with Gasteiger partial charge in [-0.2, -0.15) is 0 Å². The maximum Gasteiger partial charge on any atom is 0.320 e. The number of thiol groups is 1. The van der Waals surface area contributed by atoms with Gasteiger partial charge >= 0.3 is 5.97 Å². The Balaban J connectivity index is 1.54. The first-order valence-electron chi connectivity index (χ1n) is 9.27. The van der Waals surface area contributed by atoms with E-state index in [4.69, 9.17) is 17.0 Å². The zero-order valence-corrected chi connectivity index (χ0v) is 17.3. The maximum atomic E-state index is 14.3. The Hall–Kier alpha value is -2.48. The summed E-state index contributed by atoms with van der Waals surface area (Å²) in [6.45, 7) is 0.661. The van der Waals surface area contributed by atoms with Crippen LogP contribution in [0.25, 0.3) is 0 Å². The van der Waals surface area contributed by atoms with Crippen LogP contribution in [0.1, 0.15) is 40.2 Å². The largest absolute Gasteiger partial charge is 0.423 e. The number of nitrogens with zero attached hydrogens (tertiary/aromatic N) is 1. The Kier molecular flexibility index (Phi) is 5.54. The highest BCUT2D eigenvalue weighted by atomic mass is 32.1. The molecule has 3 aromatic rings. The third-order valence-electron chi connectivity index (χ3n) is 5.12. The van der Waals surface area contributed by atoms with E-state index in [1.54, 1.807) is 6.07 Å². The average Bonchev–Trinajstić information content (AvgIpc) is 3.31. The Morgan fingerprint density at radius 3 is 2.66 bits per heavy atom. The molecule has 3 N–H and O–H groups in total. The minimum atomic E-state index is -0.599. The number of carbonyl (C=O) groups is 1. The first-order chi connectivity index (χ1) is 14.0. The molecule has 0 amide bonds. The number of thiocarbonyl (C=S) groups is 1. The lowest BCUT2D eigenvalue weighted by Gasteiger charge is -2.11. The number of hydrogen-bond donors (Lipinski definition) is 2. The molecule has 0 spiro atoms. The molecule has 29 heavy (non-hydrogen) atoms. The van der Waals surface area contributed by atoms with Crippen LogP contribution in [0.15, 0.2) is 60.7 Å². The molecular formula is C22H20FN2O2S2+. The Morgan fingerprint density at radius 1 is 1.21 bits per heavy atom. The highest BCUT2D eigenvalue weighted by molar-refractivity contribution is 7.81. The van der Waals surface area contributed by atoms with Gasteiger partial charge in [0, 0.05) is 17.8 Å². The summed E-state index contributed by atoms with van der Waals surface area (Å²) in [5.41, 5.74) is 7.08. The highest BCUT2D eigenvalue weighted by Gasteiger charge is 2.33. The number of halogens is 1. The van der Waals surface area contributed by atoms with Crippen molar-refractivity contribution in [2.24, 2.45) is 0 Å². The molecule has 4 rings (SSSR count). The van der Waals surface area contributed by atoms with Gasteiger partial charge in [-0.1, -0.05) is 42.5 Å². The average molecular weight is 428 g/mol. The van der Waals surface area contributed by atoms with Gasteiger partial charge in [0.25, 0.3) is 0 Å². The lowest BCUT2D eigenvalue weighted by atomic mass is 10.1. The van der Waals surface area contributed by atoms with Crippen molar-refractivity contribution in [3.8, 4) is 5.75 Å². The van der Waals surface area contributed by atoms with Crippen LogP contribution >= 0.6 is 24.8 Å². The Morgan fingerprint density at radius 2 is 1.97 bits per heavy atom. The van der Waals surface area contributed by atoms with Crippen molar-refractivity contribution >= 4 is 35.7 Å². The predicted molar refractivity (Wildman–Crippen MR) is 116 cm³/mol. The summed E-state index contributed by atoms with van der Waals surface area (Å²) >= 11 is 9.83. The second-order valence-electron chi connectivity index (χ2n) is 6.96. The summed E-state index contributed by atoms with van der Waals surface area (Å²) < 4.78 is 21.7. The monoisotopic (exact) mass is 427 g/mol. The number of quaternary nitrogens is 1. The smallest absolute Gasteiger partial charge is 0.320 e. The van der Waals surface area contributed by atoms with E-state index in [9.17, 15) is 9.18 Å². The predicted octanol–water partition coefficient (Wildman–Crippen LogP) is 3.66. The van der Waals surface area contributed by atoms with E-state index in [0.29, 0.717) is 18.5 Å². The molecule has 148 valence electrons. The topological polar surface area (TPSA) is 58.9 Å². The van der Waals surface area contributed by atoms with Crippen LogP contribution in [0.5, 0.6) is 5.75 Å². The summed E-state index contributed by atoms with van der Waals surface area (Å²) in [5, 5.41) is -0.348. The first kappa shape index (κ1) is 19.8. The molecular weight excluding hydrogens is 407 g/mol. The minimum absolute atomic E-state index is 0.0854. The molecule has 0 saturated heterocycles. The number of hydrogen-bond acceptors (Lipinski definition) is 4. The van der Waals surface area contributed by atoms with Gasteiger partial charge in [-0.15, -0.1) is 12.6 Å². The molecule has 2 aromatic carbocycles. The van der Waals surface area contributed by atoms with E-state index in [2.05, 4.69) is 22.9 Å². The summed E-state index contributed by atoms with van der Waals surface area (Å²) in [6, 6.07) is 18.0. The third-order valence-corrected chi connectivity index (χ3v) is 5.86. The fourth-order valence-corrected chi connectivity index (χ4v) is 4.08. The number of benzene rings is 2. The van der Waals surface area contributed by atoms with E-state index in [1.165, 1.54) is 12.1 Å². The lowest BCUT2D eigenvalue weighted by molar-refractivity contribution is -0.390. The molecule has 0 aliphatic carbocycles. The zero-order valence-electron chi connectivity index (χ0n) is 15.5. The van der Waals surface area contributed by atoms with Crippen molar-refractivity contribution in [3.05, 3.63) is 89.0 Å². The van der Waals surface area contributed by atoms with E-state index < -0.39 is 17.7 Å². The normalized spacial score (nSPS) is 16.3. The van der Waals surface area contributed by atoms with Crippen molar-refractivity contribution in [3.63, 3.8) is 0 Å². The van der Waals surface area contributed by atoms with Crippen LogP contribution in [0.3, 0.4) is 0 Å². The molecule has 1 aromatic heterocycles. The zero-order chi connectivity index (χ0) is 20.5. The molecule has 4 nitrogen and oxygen atoms in total. The standard InChI is InChI=1S/C22H19FN2O2S2/c23-16-12-14(21(24)29)6-9-19(16)27-22(26)15-10-11-25-17(15)7-8-18(25)20(28)13-4-2-1-3-5-13/h1-9,12,15,21,29H,10-11,24H2/p+1. The number of rotatable bonds is 5. The molecule has 2 heterocycles. The molecule has 2 unspecified atom stereocenters. The summed E-state index contributed by atoms with van der Waals surface area (Å²) in [4.78, 5) is 13.5. The van der Waals surface area contributed by atoms with Gasteiger partial charge in [-0.3, -0.25) is 4.79 Å². The van der Waals surface area contributed by atoms with Gasteiger partial charge in [0.1, 0.15) is 0 Å². The summed E-state index contributed by atoms with van der Waals surface area (Å²) in [5.74, 6) is -1.61. The van der Waals surface area contributed by atoms with Gasteiger partial charge in [0.2, 0.25) is 0 Å². The van der Waals surface area contributed by atoms with Crippen molar-refractivity contribution in [2.45, 2.75) is 24.3 Å². The van der Waals surface area contributed by atoms with E-state index in [1.807, 2.05) is 42.5 Å². The van der Waals surface area contributed by atoms with E-state index in [0.717, 1.165) is 21.8 Å². The van der Waals surface area contributed by atoms with E-state index >= 15 is 0 Å². The number of aromatic nitrogens is 1. The van der Waals surface area contributed by atoms with Crippen LogP contribution < -0.4 is 10.5 Å². The Bertz CT molecular complexity index is 1080. The number of fused-ring (bicyclic) bond motifs is 1. The fourth-order valence-electron chi connectivity index (χ4n) is 3.60. The van der Waals surface area contributed by atoms with Gasteiger partial charge in [0.15, 0.2) is 16.9 Å². The number of carbonyl (C=O) groups excluding carboxylic acids is 1. The molecule has 2 atom stereocenters. The summed E-state index contributed by atoms with van der Waals surface area (Å²) in [6.07, 6.45) is 0.594. The molecule has 0 fully saturated rings. The van der Waals surface area contributed by atoms with Gasteiger partial charge in [-0.05, 0) is 42.3 Å². The summed E-state index contributed by atoms with van der Waals surface area (Å²) in [7, 11) is 0. The van der Waals surface area contributed by atoms with Crippen molar-refractivity contribution < 1.29 is 19.7 Å². The number of ether oxygens (including phenoxy) is 1. The quantitative estimate of drug-likeness (QED) is 0.163. The SMILES string of the molecule is [NH3+]C(S)c1ccc(OC(=O)C2CCn3c(C(=S)c4ccccc4)ccc32)c(F)c1. The highest BCUT2D eigenvalue weighted by Crippen LogP contribution is 2.33. The van der Waals surface area contributed by atoms with E-state index in [-0.39, 0.29) is 11.1 Å². The van der Waals surface area contributed by atoms with Crippen LogP contribution in [-0.4, -0.2) is 15.4 Å². The fraction of sp³-hybridized carbons (Fsp3) is 0.182. The lowest BCUT2D eigenvalue weighted by Crippen LogP contribution is -2.50. The van der Waals surface area contributed by atoms with Crippen molar-refractivity contribution in [1.29, 1.82) is 0 Å². The molecule has 0 radical (unpaired) electrons. The van der Waals surface area contributed by atoms with Crippen LogP contribution in [0.4, 0.5) is 4.39 Å². The van der Waals surface area contributed by atoms with Crippen molar-refractivity contribution in [2.75, 3.05) is 0 Å².